The Morgan fingerprint density at radius 3 is 2.47 bits per heavy atom. The van der Waals surface area contributed by atoms with Crippen molar-refractivity contribution in [2.45, 2.75) is 25.8 Å². The first-order chi connectivity index (χ1) is 14.5. The average Bonchev–Trinajstić information content (AvgIpc) is 2.76. The van der Waals surface area contributed by atoms with Crippen LogP contribution in [-0.4, -0.2) is 46.5 Å². The van der Waals surface area contributed by atoms with Crippen molar-refractivity contribution in [1.82, 2.24) is 14.9 Å². The quantitative estimate of drug-likeness (QED) is 0.686. The molecule has 1 amide bonds. The fourth-order valence-electron chi connectivity index (χ4n) is 3.56. The minimum atomic E-state index is -0.949. The number of rotatable bonds is 5. The zero-order valence-electron chi connectivity index (χ0n) is 16.6. The molecule has 4 rings (SSSR count). The van der Waals surface area contributed by atoms with Gasteiger partial charge in [-0.3, -0.25) is 9.78 Å². The van der Waals surface area contributed by atoms with Crippen LogP contribution >= 0.6 is 0 Å². The number of halogens is 2. The van der Waals surface area contributed by atoms with Crippen LogP contribution in [0.3, 0.4) is 0 Å². The van der Waals surface area contributed by atoms with Crippen molar-refractivity contribution < 1.29 is 18.3 Å². The zero-order chi connectivity index (χ0) is 21.1. The predicted molar refractivity (Wildman–Crippen MR) is 110 cm³/mol. The Morgan fingerprint density at radius 2 is 1.80 bits per heavy atom. The molecule has 1 saturated heterocycles. The summed E-state index contributed by atoms with van der Waals surface area (Å²) in [4.78, 5) is 23.0. The molecule has 1 N–H and O–H groups in total. The maximum Gasteiger partial charge on any atom is 0.253 e. The molecule has 1 aliphatic rings. The van der Waals surface area contributed by atoms with Crippen LogP contribution in [0.4, 0.5) is 14.6 Å². The fraction of sp³-hybridized carbons (Fsp3) is 0.318. The normalized spacial score (nSPS) is 14.7. The number of likely N-dealkylation sites (tertiary alicyclic amines) is 1. The van der Waals surface area contributed by atoms with Crippen molar-refractivity contribution >= 4 is 22.8 Å². The number of aromatic nitrogens is 2. The number of nitrogens with zero attached hydrogens (tertiary/aromatic N) is 3. The van der Waals surface area contributed by atoms with Crippen molar-refractivity contribution in [3.05, 3.63) is 59.8 Å². The van der Waals surface area contributed by atoms with Gasteiger partial charge in [0.25, 0.3) is 5.91 Å². The van der Waals surface area contributed by atoms with Crippen LogP contribution in [0.5, 0.6) is 5.75 Å². The molecule has 30 heavy (non-hydrogen) atoms. The van der Waals surface area contributed by atoms with Crippen molar-refractivity contribution in [2.75, 3.05) is 25.0 Å². The number of carbonyl (C=O) groups excluding carboxylic acids is 1. The van der Waals surface area contributed by atoms with Gasteiger partial charge in [0.1, 0.15) is 11.6 Å². The third kappa shape index (κ3) is 4.32. The molecule has 2 heterocycles. The van der Waals surface area contributed by atoms with Gasteiger partial charge in [-0.25, -0.2) is 13.8 Å². The molecule has 3 aromatic rings. The van der Waals surface area contributed by atoms with Crippen molar-refractivity contribution in [2.24, 2.45) is 0 Å². The number of hydrogen-bond donors (Lipinski definition) is 1. The van der Waals surface area contributed by atoms with Crippen LogP contribution in [0.25, 0.3) is 11.0 Å². The van der Waals surface area contributed by atoms with E-state index in [1.165, 1.54) is 6.20 Å². The number of nitrogens with one attached hydrogen (secondary N) is 1. The number of piperidine rings is 1. The Labute approximate surface area is 172 Å². The highest BCUT2D eigenvalue weighted by molar-refractivity contribution is 5.94. The summed E-state index contributed by atoms with van der Waals surface area (Å²) in [6, 6.07) is 9.37. The molecule has 1 aromatic heterocycles. The van der Waals surface area contributed by atoms with Crippen LogP contribution in [-0.2, 0) is 0 Å². The van der Waals surface area contributed by atoms with Crippen LogP contribution in [0.1, 0.15) is 30.1 Å². The highest BCUT2D eigenvalue weighted by Gasteiger charge is 2.24. The molecular formula is C22H22F2N4O2. The smallest absolute Gasteiger partial charge is 0.253 e. The molecule has 2 aromatic carbocycles. The van der Waals surface area contributed by atoms with Gasteiger partial charge in [-0.15, -0.1) is 0 Å². The summed E-state index contributed by atoms with van der Waals surface area (Å²) in [5.74, 6) is -0.641. The summed E-state index contributed by atoms with van der Waals surface area (Å²) in [6.07, 6.45) is 3.01. The van der Waals surface area contributed by atoms with Gasteiger partial charge in [0.2, 0.25) is 0 Å². The van der Waals surface area contributed by atoms with Gasteiger partial charge in [-0.1, -0.05) is 0 Å². The minimum absolute atomic E-state index is 0.000466. The topological polar surface area (TPSA) is 67.3 Å². The van der Waals surface area contributed by atoms with Crippen molar-refractivity contribution in [1.29, 1.82) is 0 Å². The van der Waals surface area contributed by atoms with E-state index in [1.54, 1.807) is 24.3 Å². The number of anilines is 1. The average molecular weight is 412 g/mol. The number of amides is 1. The molecule has 0 aliphatic carbocycles. The van der Waals surface area contributed by atoms with Gasteiger partial charge in [-0.2, -0.15) is 0 Å². The lowest BCUT2D eigenvalue weighted by Gasteiger charge is -2.32. The van der Waals surface area contributed by atoms with Crippen molar-refractivity contribution in [3.63, 3.8) is 0 Å². The van der Waals surface area contributed by atoms with Gasteiger partial charge in [0.05, 0.1) is 23.8 Å². The maximum atomic E-state index is 13.5. The number of hydrogen-bond acceptors (Lipinski definition) is 5. The third-order valence-electron chi connectivity index (χ3n) is 5.13. The third-order valence-corrected chi connectivity index (χ3v) is 5.13. The lowest BCUT2D eigenvalue weighted by atomic mass is 10.0. The van der Waals surface area contributed by atoms with Crippen molar-refractivity contribution in [3.8, 4) is 5.75 Å². The predicted octanol–water partition coefficient (Wildman–Crippen LogP) is 4.02. The highest BCUT2D eigenvalue weighted by Crippen LogP contribution is 2.21. The SMILES string of the molecule is CCOc1ccc(C(=O)N2CCC(Nc3cnc4cc(F)c(F)cc4n3)CC2)cc1. The molecule has 156 valence electrons. The summed E-state index contributed by atoms with van der Waals surface area (Å²) in [7, 11) is 0. The van der Waals surface area contributed by atoms with Gasteiger partial charge in [0.15, 0.2) is 11.6 Å². The minimum Gasteiger partial charge on any atom is -0.494 e. The van der Waals surface area contributed by atoms with E-state index in [9.17, 15) is 13.6 Å². The number of ether oxygens (including phenoxy) is 1. The van der Waals surface area contributed by atoms with Crippen LogP contribution in [0.15, 0.2) is 42.6 Å². The maximum absolute atomic E-state index is 13.5. The van der Waals surface area contributed by atoms with E-state index in [2.05, 4.69) is 15.3 Å². The summed E-state index contributed by atoms with van der Waals surface area (Å²) in [5.41, 5.74) is 1.23. The van der Waals surface area contributed by atoms with E-state index >= 15 is 0 Å². The summed E-state index contributed by atoms with van der Waals surface area (Å²) >= 11 is 0. The monoisotopic (exact) mass is 412 g/mol. The second kappa shape index (κ2) is 8.61. The largest absolute Gasteiger partial charge is 0.494 e. The highest BCUT2D eigenvalue weighted by atomic mass is 19.2. The Bertz CT molecular complexity index is 1050. The molecule has 8 heteroatoms. The molecule has 6 nitrogen and oxygen atoms in total. The second-order valence-corrected chi connectivity index (χ2v) is 7.18. The molecule has 1 aliphatic heterocycles. The molecule has 0 atom stereocenters. The van der Waals surface area contributed by atoms with E-state index in [4.69, 9.17) is 4.74 Å². The van der Waals surface area contributed by atoms with E-state index in [-0.39, 0.29) is 11.9 Å². The standard InChI is InChI=1S/C22H22F2N4O2/c1-2-30-16-5-3-14(4-6-16)22(29)28-9-7-15(8-10-28)26-21-13-25-19-11-17(23)18(24)12-20(19)27-21/h3-6,11-13,15H,2,7-10H2,1H3,(H,26,27). The summed E-state index contributed by atoms with van der Waals surface area (Å²) in [5, 5.41) is 3.28. The second-order valence-electron chi connectivity index (χ2n) is 7.18. The number of carbonyl (C=O) groups is 1. The Morgan fingerprint density at radius 1 is 1.13 bits per heavy atom. The summed E-state index contributed by atoms with van der Waals surface area (Å²) < 4.78 is 32.2. The number of fused-ring (bicyclic) bond motifs is 1. The molecule has 0 saturated carbocycles. The summed E-state index contributed by atoms with van der Waals surface area (Å²) in [6.45, 7) is 3.73. The fourth-order valence-corrected chi connectivity index (χ4v) is 3.56. The Hall–Kier alpha value is -3.29. The molecular weight excluding hydrogens is 390 g/mol. The van der Waals surface area contributed by atoms with E-state index in [0.717, 1.165) is 30.7 Å². The van der Waals surface area contributed by atoms with Gasteiger partial charge < -0.3 is 15.0 Å². The van der Waals surface area contributed by atoms with Crippen LogP contribution in [0, 0.1) is 11.6 Å². The first-order valence-electron chi connectivity index (χ1n) is 9.94. The van der Waals surface area contributed by atoms with E-state index in [0.29, 0.717) is 42.1 Å². The molecule has 1 fully saturated rings. The lowest BCUT2D eigenvalue weighted by molar-refractivity contribution is 0.0718. The Kier molecular flexibility index (Phi) is 5.74. The lowest BCUT2D eigenvalue weighted by Crippen LogP contribution is -2.42. The van der Waals surface area contributed by atoms with Gasteiger partial charge in [0, 0.05) is 36.8 Å². The van der Waals surface area contributed by atoms with E-state index < -0.39 is 11.6 Å². The van der Waals surface area contributed by atoms with Crippen LogP contribution in [0.2, 0.25) is 0 Å². The first-order valence-corrected chi connectivity index (χ1v) is 9.94. The first kappa shape index (κ1) is 20.0. The van der Waals surface area contributed by atoms with Gasteiger partial charge in [-0.05, 0) is 44.0 Å². The van der Waals surface area contributed by atoms with Crippen LogP contribution < -0.4 is 10.1 Å². The molecule has 0 bridgehead atoms. The molecule has 0 unspecified atom stereocenters. The number of benzene rings is 2. The Balaban J connectivity index is 1.35. The molecule has 0 spiro atoms. The van der Waals surface area contributed by atoms with E-state index in [1.807, 2.05) is 11.8 Å². The zero-order valence-corrected chi connectivity index (χ0v) is 16.6. The van der Waals surface area contributed by atoms with Gasteiger partial charge >= 0.3 is 0 Å². The molecule has 0 radical (unpaired) electrons.